The van der Waals surface area contributed by atoms with Gasteiger partial charge in [-0.15, -0.1) is 13.2 Å². The van der Waals surface area contributed by atoms with E-state index >= 15 is 0 Å². The van der Waals surface area contributed by atoms with Crippen LogP contribution in [0.2, 0.25) is 0 Å². The molecule has 0 saturated carbocycles. The summed E-state index contributed by atoms with van der Waals surface area (Å²) in [5, 5.41) is 3.52. The summed E-state index contributed by atoms with van der Waals surface area (Å²) in [6, 6.07) is 0. The molecule has 0 aromatic heterocycles. The number of carbonyl (C=O) groups excluding carboxylic acids is 1. The zero-order valence-corrected chi connectivity index (χ0v) is 34.3. The number of unbranched alkanes of at least 4 members (excludes halogenated alkanes) is 25. The van der Waals surface area contributed by atoms with E-state index in [9.17, 15) is 4.79 Å². The lowest BCUT2D eigenvalue weighted by atomic mass is 9.96. The first-order valence-electron chi connectivity index (χ1n) is 22.0. The maximum absolute atomic E-state index is 11.7. The third kappa shape index (κ3) is 52.0. The summed E-state index contributed by atoms with van der Waals surface area (Å²) in [4.78, 5) is 11.7. The second-order valence-corrected chi connectivity index (χ2v) is 14.6. The van der Waals surface area contributed by atoms with Crippen molar-refractivity contribution in [2.45, 2.75) is 247 Å². The molecule has 0 aliphatic rings. The maximum Gasteiger partial charge on any atom is 0.305 e. The van der Waals surface area contributed by atoms with Gasteiger partial charge in [0, 0.05) is 6.42 Å². The molecular formula is C45H93NO2. The molecule has 0 rings (SSSR count). The molecule has 3 heteroatoms. The van der Waals surface area contributed by atoms with Crippen LogP contribution in [-0.2, 0) is 9.53 Å². The van der Waals surface area contributed by atoms with E-state index < -0.39 is 0 Å². The Morgan fingerprint density at radius 3 is 1.17 bits per heavy atom. The van der Waals surface area contributed by atoms with Crippen LogP contribution >= 0.6 is 0 Å². The highest BCUT2D eigenvalue weighted by atomic mass is 16.5. The largest absolute Gasteiger partial charge is 0.466 e. The van der Waals surface area contributed by atoms with Crippen molar-refractivity contribution >= 4 is 5.97 Å². The molecule has 0 bridgehead atoms. The molecule has 0 saturated heterocycles. The van der Waals surface area contributed by atoms with Crippen molar-refractivity contribution in [3.63, 3.8) is 0 Å². The number of ether oxygens (including phenoxy) is 1. The number of rotatable bonds is 37. The van der Waals surface area contributed by atoms with Gasteiger partial charge >= 0.3 is 5.97 Å². The molecule has 290 valence electrons. The van der Waals surface area contributed by atoms with E-state index in [0.717, 1.165) is 38.3 Å². The quantitative estimate of drug-likeness (QED) is 0.0403. The van der Waals surface area contributed by atoms with Gasteiger partial charge in [0.05, 0.1) is 6.61 Å². The second-order valence-electron chi connectivity index (χ2n) is 14.6. The molecule has 0 atom stereocenters. The van der Waals surface area contributed by atoms with Crippen LogP contribution in [0.5, 0.6) is 0 Å². The Morgan fingerprint density at radius 1 is 0.458 bits per heavy atom. The second kappa shape index (κ2) is 50.5. The van der Waals surface area contributed by atoms with Crippen LogP contribution in [0, 0.1) is 5.92 Å². The van der Waals surface area contributed by atoms with Crippen LogP contribution in [0.4, 0.5) is 0 Å². The van der Waals surface area contributed by atoms with E-state index in [0.29, 0.717) is 13.0 Å². The van der Waals surface area contributed by atoms with Gasteiger partial charge in [0.2, 0.25) is 0 Å². The van der Waals surface area contributed by atoms with E-state index in [-0.39, 0.29) is 5.97 Å². The van der Waals surface area contributed by atoms with Crippen LogP contribution < -0.4 is 5.32 Å². The molecule has 0 aromatic rings. The fourth-order valence-corrected chi connectivity index (χ4v) is 6.21. The van der Waals surface area contributed by atoms with E-state index in [1.165, 1.54) is 186 Å². The summed E-state index contributed by atoms with van der Waals surface area (Å²) < 4.78 is 5.35. The van der Waals surface area contributed by atoms with Gasteiger partial charge < -0.3 is 10.1 Å². The number of hydrogen-bond donors (Lipinski definition) is 1. The third-order valence-corrected chi connectivity index (χ3v) is 9.55. The van der Waals surface area contributed by atoms with Gasteiger partial charge in [-0.3, -0.25) is 4.79 Å². The SMILES string of the molecule is C=C.CCCCCCCCC(C)CCCCCCCC.CCCCCCCCCCCOC(=O)CCCCCNCCCCCCCC. The van der Waals surface area contributed by atoms with Crippen molar-refractivity contribution in [3.05, 3.63) is 13.2 Å². The van der Waals surface area contributed by atoms with Crippen molar-refractivity contribution in [1.82, 2.24) is 5.32 Å². The molecular weight excluding hydrogens is 587 g/mol. The van der Waals surface area contributed by atoms with Crippen molar-refractivity contribution in [1.29, 1.82) is 0 Å². The molecule has 0 radical (unpaired) electrons. The van der Waals surface area contributed by atoms with E-state index in [1.54, 1.807) is 0 Å². The summed E-state index contributed by atoms with van der Waals surface area (Å²) in [6.45, 7) is 20.4. The molecule has 3 nitrogen and oxygen atoms in total. The predicted molar refractivity (Wildman–Crippen MR) is 219 cm³/mol. The van der Waals surface area contributed by atoms with Crippen molar-refractivity contribution in [2.75, 3.05) is 19.7 Å². The van der Waals surface area contributed by atoms with Crippen molar-refractivity contribution < 1.29 is 9.53 Å². The van der Waals surface area contributed by atoms with Gasteiger partial charge in [0.1, 0.15) is 0 Å². The predicted octanol–water partition coefficient (Wildman–Crippen LogP) is 15.5. The van der Waals surface area contributed by atoms with Crippen molar-refractivity contribution in [3.8, 4) is 0 Å². The summed E-state index contributed by atoms with van der Waals surface area (Å²) in [5.41, 5.74) is 0. The normalized spacial score (nSPS) is 10.8. The topological polar surface area (TPSA) is 38.3 Å². The molecule has 0 unspecified atom stereocenters. The molecule has 0 spiro atoms. The van der Waals surface area contributed by atoms with Gasteiger partial charge in [-0.2, -0.15) is 0 Å². The van der Waals surface area contributed by atoms with Gasteiger partial charge in [-0.1, -0.05) is 214 Å². The Kier molecular flexibility index (Phi) is 54.3. The van der Waals surface area contributed by atoms with E-state index in [4.69, 9.17) is 4.74 Å². The Balaban J connectivity index is -0.000000872. The van der Waals surface area contributed by atoms with Gasteiger partial charge in [0.25, 0.3) is 0 Å². The molecule has 0 aliphatic carbocycles. The maximum atomic E-state index is 11.7. The highest BCUT2D eigenvalue weighted by Crippen LogP contribution is 2.18. The monoisotopic (exact) mass is 680 g/mol. The first-order chi connectivity index (χ1) is 23.6. The minimum Gasteiger partial charge on any atom is -0.466 e. The first-order valence-corrected chi connectivity index (χ1v) is 22.0. The average Bonchev–Trinajstić information content (AvgIpc) is 3.10. The van der Waals surface area contributed by atoms with Gasteiger partial charge in [-0.25, -0.2) is 0 Å². The molecule has 0 heterocycles. The Bertz CT molecular complexity index is 535. The summed E-state index contributed by atoms with van der Waals surface area (Å²) in [5.74, 6) is 0.974. The summed E-state index contributed by atoms with van der Waals surface area (Å²) in [7, 11) is 0. The fourth-order valence-electron chi connectivity index (χ4n) is 6.21. The summed E-state index contributed by atoms with van der Waals surface area (Å²) >= 11 is 0. The van der Waals surface area contributed by atoms with Crippen LogP contribution in [0.25, 0.3) is 0 Å². The highest BCUT2D eigenvalue weighted by molar-refractivity contribution is 5.69. The van der Waals surface area contributed by atoms with Gasteiger partial charge in [0.15, 0.2) is 0 Å². The lowest BCUT2D eigenvalue weighted by Gasteiger charge is -2.10. The van der Waals surface area contributed by atoms with E-state index in [2.05, 4.69) is 53.1 Å². The number of hydrogen-bond acceptors (Lipinski definition) is 3. The standard InChI is InChI=1S/C25H51NO2.C18H38.C2H4/c1-3-5-7-9-11-12-13-15-20-24-28-25(27)21-17-16-19-23-26-22-18-14-10-8-6-4-2;1-4-6-8-10-12-14-16-18(3)17-15-13-11-9-7-5-2;1-2/h26H,3-24H2,1-2H3;18H,4-17H2,1-3H3;1-2H2. The Hall–Kier alpha value is -0.830. The van der Waals surface area contributed by atoms with Crippen LogP contribution in [0.15, 0.2) is 13.2 Å². The zero-order chi connectivity index (χ0) is 36.0. The molecule has 0 amide bonds. The third-order valence-electron chi connectivity index (χ3n) is 9.55. The lowest BCUT2D eigenvalue weighted by molar-refractivity contribution is -0.143. The first kappa shape index (κ1) is 51.5. The van der Waals surface area contributed by atoms with Crippen LogP contribution in [0.3, 0.4) is 0 Å². The van der Waals surface area contributed by atoms with Crippen LogP contribution in [0.1, 0.15) is 247 Å². The smallest absolute Gasteiger partial charge is 0.305 e. The highest BCUT2D eigenvalue weighted by Gasteiger charge is 2.03. The lowest BCUT2D eigenvalue weighted by Crippen LogP contribution is -2.16. The average molecular weight is 680 g/mol. The van der Waals surface area contributed by atoms with Gasteiger partial charge in [-0.05, 0) is 44.7 Å². The van der Waals surface area contributed by atoms with E-state index in [1.807, 2.05) is 0 Å². The fraction of sp³-hybridized carbons (Fsp3) is 0.933. The summed E-state index contributed by atoms with van der Waals surface area (Å²) in [6.07, 6.45) is 44.0. The molecule has 0 fully saturated rings. The minimum atomic E-state index is -0.000367. The van der Waals surface area contributed by atoms with Crippen LogP contribution in [-0.4, -0.2) is 25.7 Å². The minimum absolute atomic E-state index is 0.000367. The number of nitrogens with one attached hydrogen (secondary N) is 1. The zero-order valence-electron chi connectivity index (χ0n) is 34.3. The van der Waals surface area contributed by atoms with Crippen molar-refractivity contribution in [2.24, 2.45) is 5.92 Å². The molecule has 0 aromatic carbocycles. The number of carbonyl (C=O) groups is 1. The Morgan fingerprint density at radius 2 is 0.771 bits per heavy atom. The molecule has 48 heavy (non-hydrogen) atoms. The molecule has 1 N–H and O–H groups in total. The Labute approximate surface area is 305 Å². The number of esters is 1. The molecule has 0 aliphatic heterocycles.